The number of nitrogens with one attached hydrogen (secondary N) is 2. The quantitative estimate of drug-likeness (QED) is 0.180. The van der Waals surface area contributed by atoms with Gasteiger partial charge in [0.2, 0.25) is 0 Å². The molecular weight excluding hydrogens is 681 g/mol. The van der Waals surface area contributed by atoms with E-state index in [-0.39, 0.29) is 6.17 Å². The molecule has 2 atom stereocenters. The number of hydrogen-bond donors (Lipinski definition) is 2. The monoisotopic (exact) mass is 718 g/mol. The van der Waals surface area contributed by atoms with Crippen molar-refractivity contribution in [1.29, 1.82) is 0 Å². The maximum absolute atomic E-state index is 5.58. The summed E-state index contributed by atoms with van der Waals surface area (Å²) in [6, 6.07) is 74.7. The number of nitrogens with zero attached hydrogens (tertiary/aromatic N) is 2. The van der Waals surface area contributed by atoms with Gasteiger partial charge in [0.25, 0.3) is 0 Å². The first kappa shape index (κ1) is 32.4. The highest BCUT2D eigenvalue weighted by Crippen LogP contribution is 2.59. The van der Waals surface area contributed by atoms with E-state index in [4.69, 9.17) is 4.99 Å². The predicted molar refractivity (Wildman–Crippen MR) is 230 cm³/mol. The number of amidine groups is 1. The number of aromatic nitrogens is 1. The third-order valence-electron chi connectivity index (χ3n) is 11.8. The molecule has 1 aliphatic carbocycles. The molecule has 0 radical (unpaired) electrons. The van der Waals surface area contributed by atoms with Gasteiger partial charge in [-0.1, -0.05) is 194 Å². The molecule has 0 fully saturated rings. The molecule has 0 saturated heterocycles. The summed E-state index contributed by atoms with van der Waals surface area (Å²) in [6.07, 6.45) is -0.634. The van der Waals surface area contributed by atoms with Crippen molar-refractivity contribution >= 4 is 27.6 Å². The van der Waals surface area contributed by atoms with Crippen molar-refractivity contribution in [1.82, 2.24) is 15.2 Å². The summed E-state index contributed by atoms with van der Waals surface area (Å²) in [7, 11) is 0. The standard InChI is InChI=1S/C52H38N4/c1-6-18-35(19-7-1)38-30-33-46-44(34-38)43-32-31-42-41-28-16-17-29-45(41)52(39-24-12-4-13-25-39,40-26-14-5-15-27-40)47(42)48(43)56(46)51-54-49(36-20-8-2-9-21-36)53-50(55-51)37-22-10-3-11-23-37/h1-34,49,51,54H,(H,53,55). The maximum Gasteiger partial charge on any atom is 0.184 e. The molecule has 0 spiro atoms. The van der Waals surface area contributed by atoms with Gasteiger partial charge in [-0.3, -0.25) is 5.32 Å². The average molecular weight is 719 g/mol. The zero-order chi connectivity index (χ0) is 37.1. The molecule has 9 aromatic rings. The van der Waals surface area contributed by atoms with Crippen LogP contribution in [0.3, 0.4) is 0 Å². The fourth-order valence-electron chi connectivity index (χ4n) is 9.37. The molecule has 2 unspecified atom stereocenters. The van der Waals surface area contributed by atoms with Crippen LogP contribution in [0, 0.1) is 0 Å². The van der Waals surface area contributed by atoms with Crippen molar-refractivity contribution in [3.05, 3.63) is 240 Å². The van der Waals surface area contributed by atoms with Gasteiger partial charge >= 0.3 is 0 Å². The van der Waals surface area contributed by atoms with Crippen molar-refractivity contribution in [2.75, 3.05) is 0 Å². The van der Waals surface area contributed by atoms with Crippen LogP contribution in [0.2, 0.25) is 0 Å². The van der Waals surface area contributed by atoms with E-state index in [1.54, 1.807) is 0 Å². The second-order valence-electron chi connectivity index (χ2n) is 14.8. The lowest BCUT2D eigenvalue weighted by molar-refractivity contribution is 0.341. The van der Waals surface area contributed by atoms with Gasteiger partial charge in [-0.05, 0) is 56.6 Å². The Morgan fingerprint density at radius 1 is 0.482 bits per heavy atom. The number of aliphatic imine (C=N–C) groups is 1. The summed E-state index contributed by atoms with van der Waals surface area (Å²) in [6.45, 7) is 0. The van der Waals surface area contributed by atoms with E-state index in [0.29, 0.717) is 0 Å². The van der Waals surface area contributed by atoms with Gasteiger partial charge in [-0.15, -0.1) is 0 Å². The van der Waals surface area contributed by atoms with E-state index in [1.807, 2.05) is 0 Å². The topological polar surface area (TPSA) is 41.4 Å². The first-order valence-corrected chi connectivity index (χ1v) is 19.4. The Labute approximate surface area is 326 Å². The molecule has 2 N–H and O–H groups in total. The van der Waals surface area contributed by atoms with Crippen LogP contribution in [-0.4, -0.2) is 10.4 Å². The van der Waals surface area contributed by atoms with Crippen LogP contribution in [0.25, 0.3) is 44.1 Å². The van der Waals surface area contributed by atoms with Gasteiger partial charge in [0.05, 0.1) is 16.4 Å². The molecule has 0 bridgehead atoms. The van der Waals surface area contributed by atoms with E-state index in [9.17, 15) is 0 Å². The zero-order valence-electron chi connectivity index (χ0n) is 30.7. The average Bonchev–Trinajstić information content (AvgIpc) is 3.78. The van der Waals surface area contributed by atoms with E-state index < -0.39 is 11.7 Å². The minimum absolute atomic E-state index is 0.188. The maximum atomic E-state index is 5.58. The van der Waals surface area contributed by atoms with E-state index in [1.165, 1.54) is 60.8 Å². The lowest BCUT2D eigenvalue weighted by Gasteiger charge is -2.36. The molecule has 4 heteroatoms. The van der Waals surface area contributed by atoms with Crippen LogP contribution < -0.4 is 10.6 Å². The van der Waals surface area contributed by atoms with Crippen LogP contribution in [0.1, 0.15) is 45.8 Å². The predicted octanol–water partition coefficient (Wildman–Crippen LogP) is 11.6. The minimum Gasteiger partial charge on any atom is -0.350 e. The number of benzene rings is 8. The lowest BCUT2D eigenvalue weighted by Crippen LogP contribution is -2.46. The van der Waals surface area contributed by atoms with Gasteiger partial charge in [-0.25, -0.2) is 4.99 Å². The van der Waals surface area contributed by atoms with Crippen molar-refractivity contribution in [3.8, 4) is 22.3 Å². The van der Waals surface area contributed by atoms with Crippen molar-refractivity contribution < 1.29 is 0 Å². The fourth-order valence-corrected chi connectivity index (χ4v) is 9.37. The van der Waals surface area contributed by atoms with E-state index in [2.05, 4.69) is 221 Å². The van der Waals surface area contributed by atoms with Gasteiger partial charge in [0, 0.05) is 21.9 Å². The van der Waals surface area contributed by atoms with Crippen LogP contribution in [-0.2, 0) is 5.41 Å². The van der Waals surface area contributed by atoms with Crippen molar-refractivity contribution in [2.24, 2.45) is 4.99 Å². The molecule has 8 aromatic carbocycles. The molecule has 4 nitrogen and oxygen atoms in total. The summed E-state index contributed by atoms with van der Waals surface area (Å²) in [5, 5.41) is 10.2. The Morgan fingerprint density at radius 3 is 1.75 bits per heavy atom. The Morgan fingerprint density at radius 2 is 1.07 bits per heavy atom. The van der Waals surface area contributed by atoms with Crippen LogP contribution >= 0.6 is 0 Å². The van der Waals surface area contributed by atoms with Gasteiger partial charge < -0.3 is 9.88 Å². The van der Waals surface area contributed by atoms with Crippen molar-refractivity contribution in [3.63, 3.8) is 0 Å². The Balaban J connectivity index is 1.29. The SMILES string of the molecule is c1ccc(C2=NC(n3c4ccc(-c5ccccc5)cc4c4ccc5c(c43)C(c3ccccc3)(c3ccccc3)c3ccccc3-5)NC(c3ccccc3)N2)cc1. The first-order chi connectivity index (χ1) is 27.8. The van der Waals surface area contributed by atoms with Gasteiger partial charge in [0.1, 0.15) is 12.0 Å². The van der Waals surface area contributed by atoms with Gasteiger partial charge in [-0.2, -0.15) is 0 Å². The molecule has 2 heterocycles. The second-order valence-corrected chi connectivity index (χ2v) is 14.8. The lowest BCUT2D eigenvalue weighted by atomic mass is 9.67. The summed E-state index contributed by atoms with van der Waals surface area (Å²) >= 11 is 0. The Hall–Kier alpha value is -7.01. The highest BCUT2D eigenvalue weighted by atomic mass is 15.4. The third kappa shape index (κ3) is 4.93. The molecule has 2 aliphatic rings. The Bertz CT molecular complexity index is 2860. The normalized spacial score (nSPS) is 16.9. The molecule has 1 aromatic heterocycles. The molecule has 1 aliphatic heterocycles. The van der Waals surface area contributed by atoms with Crippen molar-refractivity contribution in [2.45, 2.75) is 17.9 Å². The van der Waals surface area contributed by atoms with E-state index in [0.717, 1.165) is 22.5 Å². The Kier molecular flexibility index (Phi) is 7.58. The second kappa shape index (κ2) is 13.1. The highest BCUT2D eigenvalue weighted by Gasteiger charge is 2.48. The molecule has 0 amide bonds. The summed E-state index contributed by atoms with van der Waals surface area (Å²) in [5.41, 5.74) is 13.8. The van der Waals surface area contributed by atoms with Crippen LogP contribution in [0.4, 0.5) is 0 Å². The van der Waals surface area contributed by atoms with Crippen LogP contribution in [0.15, 0.2) is 211 Å². The number of rotatable bonds is 6. The van der Waals surface area contributed by atoms with E-state index >= 15 is 0 Å². The minimum atomic E-state index is -0.597. The fraction of sp³-hybridized carbons (Fsp3) is 0.0577. The smallest absolute Gasteiger partial charge is 0.184 e. The summed E-state index contributed by atoms with van der Waals surface area (Å²) in [4.78, 5) is 5.58. The summed E-state index contributed by atoms with van der Waals surface area (Å²) in [5.74, 6) is 0.854. The zero-order valence-corrected chi connectivity index (χ0v) is 30.7. The highest BCUT2D eigenvalue weighted by molar-refractivity contribution is 6.14. The third-order valence-corrected chi connectivity index (χ3v) is 11.8. The molecular formula is C52H38N4. The number of hydrogen-bond acceptors (Lipinski definition) is 3. The van der Waals surface area contributed by atoms with Gasteiger partial charge in [0.15, 0.2) is 6.29 Å². The molecule has 56 heavy (non-hydrogen) atoms. The first-order valence-electron chi connectivity index (χ1n) is 19.4. The molecule has 0 saturated carbocycles. The molecule has 11 rings (SSSR count). The van der Waals surface area contributed by atoms with Crippen LogP contribution in [0.5, 0.6) is 0 Å². The summed E-state index contributed by atoms with van der Waals surface area (Å²) < 4.78 is 2.49. The molecule has 266 valence electrons. The number of fused-ring (bicyclic) bond motifs is 7. The largest absolute Gasteiger partial charge is 0.350 e.